The fraction of sp³-hybridized carbons (Fsp3) is 0.286. The zero-order valence-electron chi connectivity index (χ0n) is 6.70. The summed E-state index contributed by atoms with van der Waals surface area (Å²) in [6.45, 7) is -0.741. The van der Waals surface area contributed by atoms with Crippen LogP contribution in [0.15, 0.2) is 6.20 Å². The van der Waals surface area contributed by atoms with E-state index in [4.69, 9.17) is 15.7 Å². The first-order chi connectivity index (χ1) is 6.27. The number of halogens is 1. The lowest BCUT2D eigenvalue weighted by molar-refractivity contribution is 0.255. The maximum Gasteiger partial charge on any atom is 0.318 e. The van der Waals surface area contributed by atoms with E-state index >= 15 is 0 Å². The quantitative estimate of drug-likeness (QED) is 0.725. The molecule has 0 spiro atoms. The highest BCUT2D eigenvalue weighted by atomic mass is 19.1. The van der Waals surface area contributed by atoms with E-state index in [2.05, 4.69) is 9.97 Å². The molecule has 1 rings (SSSR count). The Balaban J connectivity index is 2.79. The van der Waals surface area contributed by atoms with Crippen molar-refractivity contribution in [3.8, 4) is 12.1 Å². The monoisotopic (exact) mass is 182 g/mol. The van der Waals surface area contributed by atoms with Crippen LogP contribution in [-0.4, -0.2) is 23.2 Å². The molecule has 0 saturated heterocycles. The van der Waals surface area contributed by atoms with Gasteiger partial charge < -0.3 is 10.5 Å². The highest BCUT2D eigenvalue weighted by Crippen LogP contribution is 2.09. The van der Waals surface area contributed by atoms with Crippen molar-refractivity contribution in [2.24, 2.45) is 0 Å². The van der Waals surface area contributed by atoms with Crippen LogP contribution in [0.2, 0.25) is 0 Å². The van der Waals surface area contributed by atoms with Gasteiger partial charge in [0.05, 0.1) is 6.20 Å². The first-order valence-electron chi connectivity index (χ1n) is 3.49. The molecule has 1 heterocycles. The van der Waals surface area contributed by atoms with Gasteiger partial charge in [-0.05, 0) is 0 Å². The molecule has 6 heteroatoms. The standard InChI is InChI=1S/C7H7FN4O/c8-1-2-13-7-11-4-5(3-9)6(10)12-7/h4H,1-2H2,(H2,10,11,12). The van der Waals surface area contributed by atoms with Gasteiger partial charge >= 0.3 is 6.01 Å². The summed E-state index contributed by atoms with van der Waals surface area (Å²) < 4.78 is 16.4. The minimum Gasteiger partial charge on any atom is -0.461 e. The van der Waals surface area contributed by atoms with Crippen LogP contribution in [0.3, 0.4) is 0 Å². The molecule has 13 heavy (non-hydrogen) atoms. The largest absolute Gasteiger partial charge is 0.461 e. The van der Waals surface area contributed by atoms with Crippen molar-refractivity contribution in [1.29, 1.82) is 5.26 Å². The molecule has 1 aromatic rings. The predicted octanol–water partition coefficient (Wildman–Crippen LogP) is 0.279. The molecule has 0 aliphatic heterocycles. The summed E-state index contributed by atoms with van der Waals surface area (Å²) in [4.78, 5) is 7.28. The topological polar surface area (TPSA) is 84.8 Å². The predicted molar refractivity (Wildman–Crippen MR) is 42.6 cm³/mol. The van der Waals surface area contributed by atoms with Gasteiger partial charge in [-0.3, -0.25) is 0 Å². The molecule has 5 nitrogen and oxygen atoms in total. The number of ether oxygens (including phenoxy) is 1. The lowest BCUT2D eigenvalue weighted by atomic mass is 10.3. The average molecular weight is 182 g/mol. The summed E-state index contributed by atoms with van der Waals surface area (Å²) in [5.41, 5.74) is 5.53. The van der Waals surface area contributed by atoms with Crippen LogP contribution in [0, 0.1) is 11.3 Å². The van der Waals surface area contributed by atoms with Crippen molar-refractivity contribution in [3.05, 3.63) is 11.8 Å². The van der Waals surface area contributed by atoms with Crippen molar-refractivity contribution in [1.82, 2.24) is 9.97 Å². The second-order valence-electron chi connectivity index (χ2n) is 2.10. The molecule has 2 N–H and O–H groups in total. The highest BCUT2D eigenvalue weighted by molar-refractivity contribution is 5.46. The number of aromatic nitrogens is 2. The number of hydrogen-bond donors (Lipinski definition) is 1. The van der Waals surface area contributed by atoms with Crippen molar-refractivity contribution in [2.75, 3.05) is 19.0 Å². The number of hydrogen-bond acceptors (Lipinski definition) is 5. The Kier molecular flexibility index (Phi) is 2.97. The van der Waals surface area contributed by atoms with Crippen molar-refractivity contribution >= 4 is 5.82 Å². The lowest BCUT2D eigenvalue weighted by Gasteiger charge is -2.01. The molecule has 0 radical (unpaired) electrons. The number of anilines is 1. The van der Waals surface area contributed by atoms with Crippen LogP contribution in [0.1, 0.15) is 5.56 Å². The van der Waals surface area contributed by atoms with Gasteiger partial charge in [0.2, 0.25) is 0 Å². The molecule has 0 atom stereocenters. The maximum atomic E-state index is 11.7. The minimum absolute atomic E-state index is 0.0193. The summed E-state index contributed by atoms with van der Waals surface area (Å²) in [6, 6.07) is 1.78. The van der Waals surface area contributed by atoms with Crippen LogP contribution < -0.4 is 10.5 Å². The molecular formula is C7H7FN4O. The normalized spacial score (nSPS) is 9.23. The molecule has 0 aliphatic rings. The number of nitrogens with zero attached hydrogens (tertiary/aromatic N) is 3. The number of nitrogen functional groups attached to an aromatic ring is 1. The van der Waals surface area contributed by atoms with Gasteiger partial charge in [-0.1, -0.05) is 0 Å². The Hall–Kier alpha value is -1.90. The van der Waals surface area contributed by atoms with Crippen LogP contribution in [0.25, 0.3) is 0 Å². The molecule has 0 bridgehead atoms. The van der Waals surface area contributed by atoms with Gasteiger partial charge in [0.1, 0.15) is 30.7 Å². The fourth-order valence-electron chi connectivity index (χ4n) is 0.664. The van der Waals surface area contributed by atoms with E-state index in [9.17, 15) is 4.39 Å². The molecule has 0 unspecified atom stereocenters. The van der Waals surface area contributed by atoms with Crippen molar-refractivity contribution in [2.45, 2.75) is 0 Å². The van der Waals surface area contributed by atoms with E-state index in [0.717, 1.165) is 0 Å². The van der Waals surface area contributed by atoms with Crippen LogP contribution in [0.4, 0.5) is 10.2 Å². The third kappa shape index (κ3) is 2.27. The fourth-order valence-corrected chi connectivity index (χ4v) is 0.664. The van der Waals surface area contributed by atoms with E-state index in [1.807, 2.05) is 0 Å². The number of alkyl halides is 1. The molecule has 1 aromatic heterocycles. The van der Waals surface area contributed by atoms with Gasteiger partial charge in [-0.25, -0.2) is 9.37 Å². The lowest BCUT2D eigenvalue weighted by Crippen LogP contribution is -2.05. The van der Waals surface area contributed by atoms with Crippen molar-refractivity contribution < 1.29 is 9.13 Å². The third-order valence-electron chi connectivity index (χ3n) is 1.22. The van der Waals surface area contributed by atoms with Crippen LogP contribution in [-0.2, 0) is 0 Å². The summed E-state index contributed by atoms with van der Waals surface area (Å²) in [7, 11) is 0. The van der Waals surface area contributed by atoms with E-state index in [-0.39, 0.29) is 24.0 Å². The Morgan fingerprint density at radius 3 is 3.00 bits per heavy atom. The Morgan fingerprint density at radius 2 is 2.46 bits per heavy atom. The molecule has 0 aromatic carbocycles. The van der Waals surface area contributed by atoms with Gasteiger partial charge in [0.25, 0.3) is 0 Å². The summed E-state index contributed by atoms with van der Waals surface area (Å²) >= 11 is 0. The molecule has 0 aliphatic carbocycles. The van der Waals surface area contributed by atoms with E-state index in [1.165, 1.54) is 6.20 Å². The Labute approximate surface area is 74.0 Å². The minimum atomic E-state index is -0.622. The van der Waals surface area contributed by atoms with Gasteiger partial charge in [0, 0.05) is 0 Å². The zero-order valence-corrected chi connectivity index (χ0v) is 6.70. The SMILES string of the molecule is N#Cc1cnc(OCCF)nc1N. The number of nitriles is 1. The average Bonchev–Trinajstić information content (AvgIpc) is 2.15. The summed E-state index contributed by atoms with van der Waals surface area (Å²) in [6.07, 6.45) is 1.23. The maximum absolute atomic E-state index is 11.7. The second kappa shape index (κ2) is 4.21. The second-order valence-corrected chi connectivity index (χ2v) is 2.10. The van der Waals surface area contributed by atoms with Crippen LogP contribution in [0.5, 0.6) is 6.01 Å². The Morgan fingerprint density at radius 1 is 1.69 bits per heavy atom. The summed E-state index contributed by atoms with van der Waals surface area (Å²) in [5, 5.41) is 8.47. The van der Waals surface area contributed by atoms with Gasteiger partial charge in [-0.2, -0.15) is 10.2 Å². The van der Waals surface area contributed by atoms with E-state index < -0.39 is 6.67 Å². The van der Waals surface area contributed by atoms with Crippen molar-refractivity contribution in [3.63, 3.8) is 0 Å². The van der Waals surface area contributed by atoms with E-state index in [0.29, 0.717) is 0 Å². The third-order valence-corrected chi connectivity index (χ3v) is 1.22. The molecule has 0 fully saturated rings. The molecular weight excluding hydrogens is 175 g/mol. The first-order valence-corrected chi connectivity index (χ1v) is 3.49. The molecule has 68 valence electrons. The van der Waals surface area contributed by atoms with Gasteiger partial charge in [-0.15, -0.1) is 0 Å². The first kappa shape index (κ1) is 9.19. The molecule has 0 saturated carbocycles. The van der Waals surface area contributed by atoms with E-state index in [1.54, 1.807) is 6.07 Å². The smallest absolute Gasteiger partial charge is 0.318 e. The van der Waals surface area contributed by atoms with Crippen LogP contribution >= 0.6 is 0 Å². The number of nitrogens with two attached hydrogens (primary N) is 1. The van der Waals surface area contributed by atoms with Gasteiger partial charge in [0.15, 0.2) is 0 Å². The Bertz CT molecular complexity index is 336. The highest BCUT2D eigenvalue weighted by Gasteiger charge is 2.03. The zero-order chi connectivity index (χ0) is 9.68. The molecule has 0 amide bonds. The number of rotatable bonds is 3. The summed E-state index contributed by atoms with van der Waals surface area (Å²) in [5.74, 6) is 0.0337.